The number of anilines is 1. The lowest BCUT2D eigenvalue weighted by Crippen LogP contribution is -2.23. The molecule has 4 heteroatoms. The molecule has 1 aromatic heterocycles. The third-order valence-corrected chi connectivity index (χ3v) is 3.75. The van der Waals surface area contributed by atoms with E-state index in [1.165, 1.54) is 18.9 Å². The SMILES string of the molecule is CN(Cc1ccccc1F)c1ncccc1CNC1CC1. The summed E-state index contributed by atoms with van der Waals surface area (Å²) in [6.07, 6.45) is 4.31. The van der Waals surface area contributed by atoms with Crippen LogP contribution < -0.4 is 10.2 Å². The third kappa shape index (κ3) is 3.58. The van der Waals surface area contributed by atoms with E-state index in [0.29, 0.717) is 18.2 Å². The molecule has 21 heavy (non-hydrogen) atoms. The quantitative estimate of drug-likeness (QED) is 0.884. The maximum absolute atomic E-state index is 13.8. The van der Waals surface area contributed by atoms with E-state index < -0.39 is 0 Å². The number of nitrogens with one attached hydrogen (secondary N) is 1. The highest BCUT2D eigenvalue weighted by Crippen LogP contribution is 2.22. The number of benzene rings is 1. The first-order valence-electron chi connectivity index (χ1n) is 7.36. The second kappa shape index (κ2) is 6.22. The van der Waals surface area contributed by atoms with Gasteiger partial charge in [-0.2, -0.15) is 0 Å². The van der Waals surface area contributed by atoms with E-state index in [2.05, 4.69) is 16.4 Å². The molecule has 0 saturated heterocycles. The molecule has 1 N–H and O–H groups in total. The Morgan fingerprint density at radius 2 is 1.95 bits per heavy atom. The minimum atomic E-state index is -0.169. The van der Waals surface area contributed by atoms with Crippen molar-refractivity contribution >= 4 is 5.82 Å². The van der Waals surface area contributed by atoms with Crippen molar-refractivity contribution in [1.82, 2.24) is 10.3 Å². The lowest BCUT2D eigenvalue weighted by atomic mass is 10.2. The van der Waals surface area contributed by atoms with Gasteiger partial charge in [0.2, 0.25) is 0 Å². The minimum absolute atomic E-state index is 0.169. The van der Waals surface area contributed by atoms with Gasteiger partial charge in [0.1, 0.15) is 11.6 Å². The van der Waals surface area contributed by atoms with Gasteiger partial charge in [0, 0.05) is 43.5 Å². The summed E-state index contributed by atoms with van der Waals surface area (Å²) in [7, 11) is 1.95. The van der Waals surface area contributed by atoms with Crippen molar-refractivity contribution < 1.29 is 4.39 Å². The zero-order valence-corrected chi connectivity index (χ0v) is 12.2. The summed E-state index contributed by atoms with van der Waals surface area (Å²) in [5.41, 5.74) is 1.84. The monoisotopic (exact) mass is 285 g/mol. The van der Waals surface area contributed by atoms with Gasteiger partial charge in [-0.3, -0.25) is 0 Å². The van der Waals surface area contributed by atoms with Gasteiger partial charge in [0.25, 0.3) is 0 Å². The fraction of sp³-hybridized carbons (Fsp3) is 0.353. The van der Waals surface area contributed by atoms with Crippen LogP contribution in [-0.4, -0.2) is 18.1 Å². The fourth-order valence-electron chi connectivity index (χ4n) is 2.41. The summed E-state index contributed by atoms with van der Waals surface area (Å²) in [6.45, 7) is 1.33. The predicted octanol–water partition coefficient (Wildman–Crippen LogP) is 3.11. The highest BCUT2D eigenvalue weighted by Gasteiger charge is 2.21. The molecule has 2 aromatic rings. The van der Waals surface area contributed by atoms with Gasteiger partial charge in [-0.05, 0) is 25.0 Å². The molecule has 0 unspecified atom stereocenters. The average molecular weight is 285 g/mol. The van der Waals surface area contributed by atoms with Crippen molar-refractivity contribution in [3.05, 3.63) is 59.5 Å². The molecule has 0 aliphatic heterocycles. The largest absolute Gasteiger partial charge is 0.355 e. The highest BCUT2D eigenvalue weighted by atomic mass is 19.1. The summed E-state index contributed by atoms with van der Waals surface area (Å²) in [4.78, 5) is 6.47. The van der Waals surface area contributed by atoms with Gasteiger partial charge in [0.15, 0.2) is 0 Å². The fourth-order valence-corrected chi connectivity index (χ4v) is 2.41. The van der Waals surface area contributed by atoms with Crippen molar-refractivity contribution in [1.29, 1.82) is 0 Å². The summed E-state index contributed by atoms with van der Waals surface area (Å²) >= 11 is 0. The Labute approximate surface area is 124 Å². The normalized spacial score (nSPS) is 14.2. The van der Waals surface area contributed by atoms with Crippen molar-refractivity contribution in [2.75, 3.05) is 11.9 Å². The number of rotatable bonds is 6. The van der Waals surface area contributed by atoms with Crippen LogP contribution in [0.25, 0.3) is 0 Å². The van der Waals surface area contributed by atoms with E-state index >= 15 is 0 Å². The van der Waals surface area contributed by atoms with E-state index in [4.69, 9.17) is 0 Å². The summed E-state index contributed by atoms with van der Waals surface area (Å²) in [5.74, 6) is 0.742. The van der Waals surface area contributed by atoms with Crippen LogP contribution in [-0.2, 0) is 13.1 Å². The molecular formula is C17H20FN3. The van der Waals surface area contributed by atoms with Gasteiger partial charge < -0.3 is 10.2 Å². The van der Waals surface area contributed by atoms with Crippen molar-refractivity contribution in [2.24, 2.45) is 0 Å². The molecule has 0 bridgehead atoms. The van der Waals surface area contributed by atoms with E-state index in [1.54, 1.807) is 12.3 Å². The zero-order chi connectivity index (χ0) is 14.7. The van der Waals surface area contributed by atoms with Crippen molar-refractivity contribution in [2.45, 2.75) is 32.0 Å². The molecule has 1 aromatic carbocycles. The molecule has 1 fully saturated rings. The number of halogens is 1. The Hall–Kier alpha value is -1.94. The Kier molecular flexibility index (Phi) is 4.15. The Balaban J connectivity index is 1.74. The molecule has 1 saturated carbocycles. The highest BCUT2D eigenvalue weighted by molar-refractivity contribution is 5.46. The van der Waals surface area contributed by atoms with E-state index in [9.17, 15) is 4.39 Å². The number of hydrogen-bond donors (Lipinski definition) is 1. The van der Waals surface area contributed by atoms with Crippen LogP contribution in [0.2, 0.25) is 0 Å². The van der Waals surface area contributed by atoms with E-state index in [1.807, 2.05) is 30.1 Å². The maximum atomic E-state index is 13.8. The van der Waals surface area contributed by atoms with Crippen molar-refractivity contribution in [3.63, 3.8) is 0 Å². The topological polar surface area (TPSA) is 28.2 Å². The molecular weight excluding hydrogens is 265 g/mol. The lowest BCUT2D eigenvalue weighted by Gasteiger charge is -2.21. The van der Waals surface area contributed by atoms with Gasteiger partial charge in [-0.1, -0.05) is 24.3 Å². The van der Waals surface area contributed by atoms with Gasteiger partial charge in [-0.15, -0.1) is 0 Å². The molecule has 1 aliphatic carbocycles. The molecule has 0 spiro atoms. The second-order valence-corrected chi connectivity index (χ2v) is 5.59. The molecule has 0 amide bonds. The van der Waals surface area contributed by atoms with Crippen LogP contribution in [0.3, 0.4) is 0 Å². The van der Waals surface area contributed by atoms with E-state index in [-0.39, 0.29) is 5.82 Å². The van der Waals surface area contributed by atoms with Gasteiger partial charge >= 0.3 is 0 Å². The molecule has 110 valence electrons. The number of hydrogen-bond acceptors (Lipinski definition) is 3. The van der Waals surface area contributed by atoms with Crippen LogP contribution in [0.4, 0.5) is 10.2 Å². The first-order chi connectivity index (χ1) is 10.2. The molecule has 3 rings (SSSR count). The number of aromatic nitrogens is 1. The summed E-state index contributed by atoms with van der Waals surface area (Å²) in [6, 6.07) is 11.6. The first-order valence-corrected chi connectivity index (χ1v) is 7.36. The first kappa shape index (κ1) is 14.0. The lowest BCUT2D eigenvalue weighted by molar-refractivity contribution is 0.607. The second-order valence-electron chi connectivity index (χ2n) is 5.59. The minimum Gasteiger partial charge on any atom is -0.355 e. The summed E-state index contributed by atoms with van der Waals surface area (Å²) < 4.78 is 13.8. The summed E-state index contributed by atoms with van der Waals surface area (Å²) in [5, 5.41) is 3.50. The average Bonchev–Trinajstić information content (AvgIpc) is 3.32. The Morgan fingerprint density at radius 3 is 2.71 bits per heavy atom. The molecule has 1 heterocycles. The number of nitrogens with zero attached hydrogens (tertiary/aromatic N) is 2. The van der Waals surface area contributed by atoms with Crippen LogP contribution >= 0.6 is 0 Å². The smallest absolute Gasteiger partial charge is 0.133 e. The number of pyridine rings is 1. The zero-order valence-electron chi connectivity index (χ0n) is 12.2. The van der Waals surface area contributed by atoms with E-state index in [0.717, 1.165) is 17.9 Å². The van der Waals surface area contributed by atoms with Crippen LogP contribution in [0, 0.1) is 5.82 Å². The van der Waals surface area contributed by atoms with Crippen LogP contribution in [0.1, 0.15) is 24.0 Å². The third-order valence-electron chi connectivity index (χ3n) is 3.75. The van der Waals surface area contributed by atoms with Gasteiger partial charge in [0.05, 0.1) is 0 Å². The molecule has 0 radical (unpaired) electrons. The standard InChI is InChI=1S/C17H20FN3/c1-21(12-14-5-2-3-7-16(14)18)17-13(6-4-10-19-17)11-20-15-8-9-15/h2-7,10,15,20H,8-9,11-12H2,1H3. The van der Waals surface area contributed by atoms with Crippen LogP contribution in [0.15, 0.2) is 42.6 Å². The van der Waals surface area contributed by atoms with Crippen LogP contribution in [0.5, 0.6) is 0 Å². The predicted molar refractivity (Wildman–Crippen MR) is 82.6 cm³/mol. The maximum Gasteiger partial charge on any atom is 0.133 e. The Morgan fingerprint density at radius 1 is 1.19 bits per heavy atom. The Bertz CT molecular complexity index is 610. The van der Waals surface area contributed by atoms with Crippen molar-refractivity contribution in [3.8, 4) is 0 Å². The molecule has 1 aliphatic rings. The molecule has 0 atom stereocenters. The van der Waals surface area contributed by atoms with Gasteiger partial charge in [-0.25, -0.2) is 9.37 Å². The molecule has 3 nitrogen and oxygen atoms in total.